The van der Waals surface area contributed by atoms with Crippen molar-refractivity contribution >= 4 is 17.4 Å². The van der Waals surface area contributed by atoms with Crippen LogP contribution in [0.5, 0.6) is 0 Å². The summed E-state index contributed by atoms with van der Waals surface area (Å²) in [5, 5.41) is 0. The molecule has 0 radical (unpaired) electrons. The fraction of sp³-hybridized carbons (Fsp3) is 0.143. The minimum atomic E-state index is 0.317. The zero-order valence-corrected chi connectivity index (χ0v) is 9.84. The number of carbonyl (C=O) groups is 1. The molecule has 4 nitrogen and oxygen atoms in total. The third-order valence-corrected chi connectivity index (χ3v) is 2.76. The Hall–Kier alpha value is -2.36. The number of hydrogen-bond donors (Lipinski definition) is 0. The van der Waals surface area contributed by atoms with Crippen LogP contribution in [-0.2, 0) is 6.42 Å². The Morgan fingerprint density at radius 1 is 1.22 bits per heavy atom. The quantitative estimate of drug-likeness (QED) is 0.659. The molecule has 0 bridgehead atoms. The fourth-order valence-electron chi connectivity index (χ4n) is 1.85. The number of aryl methyl sites for hydroxylation is 1. The van der Waals surface area contributed by atoms with Crippen LogP contribution in [0.15, 0.2) is 39.2 Å². The molecule has 90 valence electrons. The van der Waals surface area contributed by atoms with Crippen LogP contribution in [-0.4, -0.2) is 11.3 Å². The number of oxazole rings is 1. The summed E-state index contributed by atoms with van der Waals surface area (Å²) in [4.78, 5) is 14.9. The second-order valence-corrected chi connectivity index (χ2v) is 3.96. The van der Waals surface area contributed by atoms with Crippen molar-refractivity contribution in [1.29, 1.82) is 0 Å². The number of nitrogens with zero attached hydrogens (tertiary/aromatic N) is 1. The molecule has 0 unspecified atom stereocenters. The summed E-state index contributed by atoms with van der Waals surface area (Å²) in [6, 6.07) is 9.06. The summed E-state index contributed by atoms with van der Waals surface area (Å²) >= 11 is 0. The van der Waals surface area contributed by atoms with Crippen molar-refractivity contribution in [2.75, 3.05) is 0 Å². The molecule has 0 fully saturated rings. The smallest absolute Gasteiger partial charge is 0.195 e. The first kappa shape index (κ1) is 10.8. The van der Waals surface area contributed by atoms with Crippen LogP contribution in [0.4, 0.5) is 0 Å². The zero-order valence-electron chi connectivity index (χ0n) is 9.84. The van der Waals surface area contributed by atoms with Crippen LogP contribution >= 0.6 is 0 Å². The lowest BCUT2D eigenvalue weighted by Gasteiger charge is -1.95. The third kappa shape index (κ3) is 1.72. The van der Waals surface area contributed by atoms with E-state index in [1.54, 1.807) is 12.1 Å². The van der Waals surface area contributed by atoms with E-state index >= 15 is 0 Å². The van der Waals surface area contributed by atoms with Crippen molar-refractivity contribution < 1.29 is 13.6 Å². The van der Waals surface area contributed by atoms with Gasteiger partial charge in [-0.2, -0.15) is 0 Å². The average Bonchev–Trinajstić information content (AvgIpc) is 3.03. The minimum Gasteiger partial charge on any atom is -0.453 e. The monoisotopic (exact) mass is 241 g/mol. The van der Waals surface area contributed by atoms with Gasteiger partial charge in [0.1, 0.15) is 11.3 Å². The predicted molar refractivity (Wildman–Crippen MR) is 66.5 cm³/mol. The zero-order chi connectivity index (χ0) is 12.5. The van der Waals surface area contributed by atoms with E-state index in [1.807, 2.05) is 25.1 Å². The maximum Gasteiger partial charge on any atom is 0.195 e. The number of furan rings is 1. The van der Waals surface area contributed by atoms with Gasteiger partial charge < -0.3 is 8.83 Å². The first-order chi connectivity index (χ1) is 8.80. The topological polar surface area (TPSA) is 56.2 Å². The highest BCUT2D eigenvalue weighted by molar-refractivity contribution is 5.80. The molecule has 0 aliphatic rings. The van der Waals surface area contributed by atoms with Crippen molar-refractivity contribution in [3.63, 3.8) is 0 Å². The normalized spacial score (nSPS) is 10.9. The van der Waals surface area contributed by atoms with Gasteiger partial charge in [0.15, 0.2) is 23.5 Å². The van der Waals surface area contributed by atoms with Gasteiger partial charge in [0, 0.05) is 12.0 Å². The maximum absolute atomic E-state index is 10.6. The van der Waals surface area contributed by atoms with Crippen LogP contribution < -0.4 is 0 Å². The summed E-state index contributed by atoms with van der Waals surface area (Å²) in [5.74, 6) is 1.68. The van der Waals surface area contributed by atoms with Gasteiger partial charge in [-0.3, -0.25) is 4.79 Å². The first-order valence-corrected chi connectivity index (χ1v) is 5.75. The van der Waals surface area contributed by atoms with Gasteiger partial charge >= 0.3 is 0 Å². The molecule has 0 atom stereocenters. The molecule has 3 rings (SSSR count). The lowest BCUT2D eigenvalue weighted by Crippen LogP contribution is -1.76. The number of aromatic nitrogens is 1. The maximum atomic E-state index is 10.6. The van der Waals surface area contributed by atoms with Crippen molar-refractivity contribution in [2.24, 2.45) is 0 Å². The number of aldehydes is 1. The van der Waals surface area contributed by atoms with Gasteiger partial charge in [0.05, 0.1) is 0 Å². The number of benzene rings is 1. The molecule has 0 N–H and O–H groups in total. The van der Waals surface area contributed by atoms with Gasteiger partial charge in [0.25, 0.3) is 0 Å². The number of hydrogen-bond acceptors (Lipinski definition) is 4. The van der Waals surface area contributed by atoms with E-state index in [0.717, 1.165) is 29.0 Å². The van der Waals surface area contributed by atoms with Gasteiger partial charge in [-0.25, -0.2) is 4.98 Å². The van der Waals surface area contributed by atoms with Crippen molar-refractivity contribution in [3.05, 3.63) is 42.0 Å². The largest absolute Gasteiger partial charge is 0.453 e. The van der Waals surface area contributed by atoms with E-state index in [9.17, 15) is 4.79 Å². The van der Waals surface area contributed by atoms with E-state index in [2.05, 4.69) is 4.98 Å². The van der Waals surface area contributed by atoms with Crippen LogP contribution in [0.3, 0.4) is 0 Å². The Morgan fingerprint density at radius 3 is 2.83 bits per heavy atom. The van der Waals surface area contributed by atoms with E-state index in [0.29, 0.717) is 17.8 Å². The Kier molecular flexibility index (Phi) is 2.48. The molecule has 0 amide bonds. The van der Waals surface area contributed by atoms with Crippen LogP contribution in [0.25, 0.3) is 22.4 Å². The Labute approximate surface area is 103 Å². The van der Waals surface area contributed by atoms with Crippen LogP contribution in [0.1, 0.15) is 23.4 Å². The summed E-state index contributed by atoms with van der Waals surface area (Å²) in [5.41, 5.74) is 2.43. The van der Waals surface area contributed by atoms with Crippen molar-refractivity contribution in [3.8, 4) is 11.3 Å². The molecular weight excluding hydrogens is 230 g/mol. The molecule has 0 saturated carbocycles. The number of rotatable bonds is 3. The van der Waals surface area contributed by atoms with Crippen LogP contribution in [0.2, 0.25) is 0 Å². The van der Waals surface area contributed by atoms with E-state index in [-0.39, 0.29) is 0 Å². The molecule has 0 spiro atoms. The van der Waals surface area contributed by atoms with Crippen molar-refractivity contribution in [2.45, 2.75) is 13.3 Å². The lowest BCUT2D eigenvalue weighted by molar-refractivity contribution is 0.110. The SMILES string of the molecule is CCc1nc2ccc(-c3ccc(C=O)o3)cc2o1. The summed E-state index contributed by atoms with van der Waals surface area (Å²) in [7, 11) is 0. The Balaban J connectivity index is 2.09. The Bertz CT molecular complexity index is 709. The van der Waals surface area contributed by atoms with Crippen LogP contribution in [0, 0.1) is 0 Å². The fourth-order valence-corrected chi connectivity index (χ4v) is 1.85. The van der Waals surface area contributed by atoms with Gasteiger partial charge in [0.2, 0.25) is 0 Å². The summed E-state index contributed by atoms with van der Waals surface area (Å²) in [6.45, 7) is 1.99. The molecule has 0 saturated heterocycles. The first-order valence-electron chi connectivity index (χ1n) is 5.75. The highest BCUT2D eigenvalue weighted by Crippen LogP contribution is 2.26. The van der Waals surface area contributed by atoms with E-state index < -0.39 is 0 Å². The highest BCUT2D eigenvalue weighted by Gasteiger charge is 2.08. The Morgan fingerprint density at radius 2 is 2.11 bits per heavy atom. The molecule has 3 aromatic rings. The van der Waals surface area contributed by atoms with Crippen molar-refractivity contribution in [1.82, 2.24) is 4.98 Å². The predicted octanol–water partition coefficient (Wildman–Crippen LogP) is 3.46. The second kappa shape index (κ2) is 4.14. The molecule has 1 aromatic carbocycles. The minimum absolute atomic E-state index is 0.317. The van der Waals surface area contributed by atoms with E-state index in [1.165, 1.54) is 0 Å². The summed E-state index contributed by atoms with van der Waals surface area (Å²) in [6.07, 6.45) is 1.45. The average molecular weight is 241 g/mol. The van der Waals surface area contributed by atoms with E-state index in [4.69, 9.17) is 8.83 Å². The molecule has 4 heteroatoms. The molecule has 2 aromatic heterocycles. The molecule has 18 heavy (non-hydrogen) atoms. The molecule has 0 aliphatic carbocycles. The second-order valence-electron chi connectivity index (χ2n) is 3.96. The molecular formula is C14H11NO3. The van der Waals surface area contributed by atoms with Gasteiger partial charge in [-0.1, -0.05) is 6.92 Å². The summed E-state index contributed by atoms with van der Waals surface area (Å²) < 4.78 is 11.0. The molecule has 2 heterocycles. The van der Waals surface area contributed by atoms with Gasteiger partial charge in [-0.15, -0.1) is 0 Å². The standard InChI is InChI=1S/C14H11NO3/c1-2-14-15-11-5-3-9(7-13(11)18-14)12-6-4-10(8-16)17-12/h3-8H,2H2,1H3. The number of carbonyl (C=O) groups excluding carboxylic acids is 1. The van der Waals surface area contributed by atoms with Gasteiger partial charge in [-0.05, 0) is 30.3 Å². The lowest BCUT2D eigenvalue weighted by atomic mass is 10.1. The molecule has 0 aliphatic heterocycles. The highest BCUT2D eigenvalue weighted by atomic mass is 16.4. The third-order valence-electron chi connectivity index (χ3n) is 2.76. The number of fused-ring (bicyclic) bond motifs is 1.